The monoisotopic (exact) mass is 495 g/mol. The zero-order chi connectivity index (χ0) is 23.3. The van der Waals surface area contributed by atoms with E-state index in [1.807, 2.05) is 19.9 Å². The van der Waals surface area contributed by atoms with E-state index < -0.39 is 12.1 Å². The summed E-state index contributed by atoms with van der Waals surface area (Å²) in [4.78, 5) is 42.1. The summed E-state index contributed by atoms with van der Waals surface area (Å²) in [5, 5.41) is 14.1. The largest absolute Gasteiger partial charge is 0.462 e. The third-order valence-corrected chi connectivity index (χ3v) is 6.97. The van der Waals surface area contributed by atoms with Gasteiger partial charge in [-0.05, 0) is 39.3 Å². The van der Waals surface area contributed by atoms with Crippen molar-refractivity contribution < 1.29 is 23.9 Å². The van der Waals surface area contributed by atoms with Crippen LogP contribution in [-0.4, -0.2) is 52.1 Å². The van der Waals surface area contributed by atoms with Gasteiger partial charge in [-0.15, -0.1) is 21.5 Å². The van der Waals surface area contributed by atoms with Crippen LogP contribution in [0.25, 0.3) is 10.2 Å². The van der Waals surface area contributed by atoms with Crippen molar-refractivity contribution in [3.05, 3.63) is 22.2 Å². The Morgan fingerprint density at radius 2 is 1.81 bits per heavy atom. The molecule has 0 aliphatic carbocycles. The molecule has 2 amide bonds. The summed E-state index contributed by atoms with van der Waals surface area (Å²) < 4.78 is 10.4. The van der Waals surface area contributed by atoms with Gasteiger partial charge in [0.15, 0.2) is 4.34 Å². The number of rotatable bonds is 8. The molecule has 0 saturated heterocycles. The molecule has 2 N–H and O–H groups in total. The number of thiophene rings is 1. The molecule has 32 heavy (non-hydrogen) atoms. The summed E-state index contributed by atoms with van der Waals surface area (Å²) in [6.07, 6.45) is -0.618. The Morgan fingerprint density at radius 3 is 2.53 bits per heavy atom. The highest BCUT2D eigenvalue weighted by atomic mass is 32.2. The lowest BCUT2D eigenvalue weighted by Crippen LogP contribution is -2.16. The Morgan fingerprint density at radius 1 is 1.06 bits per heavy atom. The molecule has 0 spiro atoms. The Hall–Kier alpha value is -2.77. The van der Waals surface area contributed by atoms with E-state index in [2.05, 4.69) is 25.8 Å². The van der Waals surface area contributed by atoms with Crippen LogP contribution < -0.4 is 10.6 Å². The number of fused-ring (bicyclic) bond motifs is 1. The topological polar surface area (TPSA) is 132 Å². The van der Waals surface area contributed by atoms with Gasteiger partial charge >= 0.3 is 12.1 Å². The predicted molar refractivity (Wildman–Crippen MR) is 125 cm³/mol. The second kappa shape index (κ2) is 10.7. The first kappa shape index (κ1) is 23.9. The standard InChI is InChI=1S/C19H21N5O5S3/c1-5-28-16(26)14-13(12-9(3)7-10(4)20-15(12)31-14)21-11(25)8-30-19-24-23-17(32-19)22-18(27)29-6-2/h7H,5-6,8H2,1-4H3,(H,21,25)(H,22,23,27). The number of nitrogens with one attached hydrogen (secondary N) is 2. The highest BCUT2D eigenvalue weighted by Gasteiger charge is 2.23. The van der Waals surface area contributed by atoms with Gasteiger partial charge in [0.05, 0.1) is 24.7 Å². The third-order valence-electron chi connectivity index (χ3n) is 3.93. The lowest BCUT2D eigenvalue weighted by Gasteiger charge is -2.08. The first-order valence-electron chi connectivity index (χ1n) is 9.60. The van der Waals surface area contributed by atoms with Crippen LogP contribution in [0.4, 0.5) is 15.6 Å². The van der Waals surface area contributed by atoms with E-state index >= 15 is 0 Å². The number of esters is 1. The molecule has 3 aromatic rings. The van der Waals surface area contributed by atoms with Crippen LogP contribution in [0.1, 0.15) is 34.8 Å². The Balaban J connectivity index is 1.74. The molecule has 0 bridgehead atoms. The maximum atomic E-state index is 12.7. The fraction of sp³-hybridized carbons (Fsp3) is 0.368. The van der Waals surface area contributed by atoms with Crippen LogP contribution in [0.3, 0.4) is 0 Å². The number of ether oxygens (including phenoxy) is 2. The van der Waals surface area contributed by atoms with Gasteiger partial charge < -0.3 is 14.8 Å². The molecule has 0 aliphatic rings. The molecule has 3 rings (SSSR count). The molecule has 170 valence electrons. The van der Waals surface area contributed by atoms with Crippen LogP contribution in [0.5, 0.6) is 0 Å². The van der Waals surface area contributed by atoms with Crippen molar-refractivity contribution in [2.45, 2.75) is 32.0 Å². The molecular weight excluding hydrogens is 474 g/mol. The molecule has 0 fully saturated rings. The minimum absolute atomic E-state index is 0.0337. The predicted octanol–water partition coefficient (Wildman–Crippen LogP) is 4.24. The van der Waals surface area contributed by atoms with Crippen molar-refractivity contribution in [2.24, 2.45) is 0 Å². The fourth-order valence-electron chi connectivity index (χ4n) is 2.78. The highest BCUT2D eigenvalue weighted by molar-refractivity contribution is 8.01. The summed E-state index contributed by atoms with van der Waals surface area (Å²) >= 11 is 3.48. The van der Waals surface area contributed by atoms with Crippen LogP contribution in [-0.2, 0) is 14.3 Å². The van der Waals surface area contributed by atoms with Crippen LogP contribution in [0.2, 0.25) is 0 Å². The lowest BCUT2D eigenvalue weighted by molar-refractivity contribution is -0.113. The van der Waals surface area contributed by atoms with Gasteiger partial charge in [-0.3, -0.25) is 10.1 Å². The van der Waals surface area contributed by atoms with Gasteiger partial charge in [0, 0.05) is 11.1 Å². The number of anilines is 2. The van der Waals surface area contributed by atoms with Gasteiger partial charge in [0.2, 0.25) is 11.0 Å². The minimum Gasteiger partial charge on any atom is -0.462 e. The molecule has 10 nitrogen and oxygen atoms in total. The molecule has 0 aliphatic heterocycles. The second-order valence-corrected chi connectivity index (χ2v) is 9.54. The van der Waals surface area contributed by atoms with E-state index in [1.54, 1.807) is 13.8 Å². The molecule has 0 aromatic carbocycles. The van der Waals surface area contributed by atoms with E-state index in [9.17, 15) is 14.4 Å². The Kier molecular flexibility index (Phi) is 7.99. The van der Waals surface area contributed by atoms with E-state index in [1.165, 1.54) is 11.3 Å². The normalized spacial score (nSPS) is 10.8. The zero-order valence-corrected chi connectivity index (χ0v) is 20.3. The molecule has 3 heterocycles. The molecule has 0 radical (unpaired) electrons. The first-order chi connectivity index (χ1) is 15.3. The van der Waals surface area contributed by atoms with Gasteiger partial charge in [-0.2, -0.15) is 0 Å². The van der Waals surface area contributed by atoms with Crippen molar-refractivity contribution in [3.8, 4) is 0 Å². The van der Waals surface area contributed by atoms with Gasteiger partial charge in [-0.25, -0.2) is 14.6 Å². The number of amides is 2. The Labute approximate surface area is 196 Å². The summed E-state index contributed by atoms with van der Waals surface area (Å²) in [6.45, 7) is 7.66. The van der Waals surface area contributed by atoms with E-state index in [4.69, 9.17) is 9.47 Å². The number of aryl methyl sites for hydroxylation is 2. The average Bonchev–Trinajstić information content (AvgIpc) is 3.31. The summed E-state index contributed by atoms with van der Waals surface area (Å²) in [7, 11) is 0. The number of hydrogen-bond acceptors (Lipinski definition) is 11. The molecule has 13 heteroatoms. The van der Waals surface area contributed by atoms with Gasteiger partial charge in [0.25, 0.3) is 0 Å². The molecular formula is C19H21N5O5S3. The van der Waals surface area contributed by atoms with Crippen LogP contribution in [0.15, 0.2) is 10.4 Å². The SMILES string of the molecule is CCOC(=O)Nc1nnc(SCC(=O)Nc2c(C(=O)OCC)sc3nc(C)cc(C)c23)s1. The summed E-state index contributed by atoms with van der Waals surface area (Å²) in [6, 6.07) is 1.90. The Bertz CT molecular complexity index is 1160. The number of thioether (sulfide) groups is 1. The molecule has 3 aromatic heterocycles. The number of carbonyl (C=O) groups is 3. The third kappa shape index (κ3) is 5.72. The number of pyridine rings is 1. The van der Waals surface area contributed by atoms with E-state index in [0.717, 1.165) is 39.7 Å². The van der Waals surface area contributed by atoms with Crippen molar-refractivity contribution in [3.63, 3.8) is 0 Å². The van der Waals surface area contributed by atoms with Crippen LogP contribution in [0, 0.1) is 13.8 Å². The van der Waals surface area contributed by atoms with E-state index in [-0.39, 0.29) is 30.0 Å². The average molecular weight is 496 g/mol. The van der Waals surface area contributed by atoms with E-state index in [0.29, 0.717) is 19.7 Å². The number of hydrogen-bond donors (Lipinski definition) is 2. The summed E-state index contributed by atoms with van der Waals surface area (Å²) in [5.74, 6) is -0.795. The lowest BCUT2D eigenvalue weighted by atomic mass is 10.1. The van der Waals surface area contributed by atoms with Crippen molar-refractivity contribution >= 4 is 73.4 Å². The molecule has 0 saturated carbocycles. The van der Waals surface area contributed by atoms with Gasteiger partial charge in [-0.1, -0.05) is 23.1 Å². The van der Waals surface area contributed by atoms with Gasteiger partial charge in [0.1, 0.15) is 9.71 Å². The minimum atomic E-state index is -0.618. The fourth-order valence-corrected chi connectivity index (χ4v) is 5.46. The molecule has 0 unspecified atom stereocenters. The van der Waals surface area contributed by atoms with Crippen molar-refractivity contribution in [1.29, 1.82) is 0 Å². The number of carbonyl (C=O) groups excluding carboxylic acids is 3. The highest BCUT2D eigenvalue weighted by Crippen LogP contribution is 2.38. The quantitative estimate of drug-likeness (QED) is 0.267. The maximum Gasteiger partial charge on any atom is 0.413 e. The maximum absolute atomic E-state index is 12.7. The number of aromatic nitrogens is 3. The smallest absolute Gasteiger partial charge is 0.413 e. The second-order valence-electron chi connectivity index (χ2n) is 6.34. The molecule has 0 atom stereocenters. The zero-order valence-electron chi connectivity index (χ0n) is 17.8. The van der Waals surface area contributed by atoms with Crippen molar-refractivity contribution in [2.75, 3.05) is 29.6 Å². The van der Waals surface area contributed by atoms with Crippen LogP contribution >= 0.6 is 34.4 Å². The number of nitrogens with zero attached hydrogens (tertiary/aromatic N) is 3. The van der Waals surface area contributed by atoms with Crippen molar-refractivity contribution in [1.82, 2.24) is 15.2 Å². The summed E-state index contributed by atoms with van der Waals surface area (Å²) in [5.41, 5.74) is 2.13. The first-order valence-corrected chi connectivity index (χ1v) is 12.2.